The predicted octanol–water partition coefficient (Wildman–Crippen LogP) is 1.94. The maximum absolute atomic E-state index is 13.3. The Kier molecular flexibility index (Phi) is 6.46. The van der Waals surface area contributed by atoms with E-state index >= 15 is 0 Å². The summed E-state index contributed by atoms with van der Waals surface area (Å²) in [6.45, 7) is 3.06. The van der Waals surface area contributed by atoms with Crippen LogP contribution in [0.1, 0.15) is 33.5 Å². The number of benzene rings is 1. The average molecular weight is 376 g/mol. The van der Waals surface area contributed by atoms with Gasteiger partial charge in [0.1, 0.15) is 11.5 Å². The molecular formula is C19H21FN2O5. The number of ketones is 1. The topological polar surface area (TPSA) is 99.7 Å². The molecule has 0 unspecified atom stereocenters. The first-order chi connectivity index (χ1) is 12.8. The van der Waals surface area contributed by atoms with Crippen molar-refractivity contribution in [1.29, 1.82) is 0 Å². The predicted molar refractivity (Wildman–Crippen MR) is 95.9 cm³/mol. The largest absolute Gasteiger partial charge is 0.462 e. The normalized spacial score (nSPS) is 10.6. The van der Waals surface area contributed by atoms with Crippen LogP contribution in [-0.2, 0) is 9.53 Å². The summed E-state index contributed by atoms with van der Waals surface area (Å²) < 4.78 is 18.4. The molecule has 2 rings (SSSR count). The minimum atomic E-state index is -0.871. The van der Waals surface area contributed by atoms with Gasteiger partial charge >= 0.3 is 5.97 Å². The average Bonchev–Trinajstić information content (AvgIpc) is 2.98. The molecule has 0 aliphatic rings. The minimum Gasteiger partial charge on any atom is -0.462 e. The number of rotatable bonds is 7. The Balaban J connectivity index is 2.62. The number of aromatic amines is 1. The molecule has 0 saturated heterocycles. The molecule has 27 heavy (non-hydrogen) atoms. The van der Waals surface area contributed by atoms with Crippen LogP contribution < -0.4 is 0 Å². The number of nitrogens with zero attached hydrogens (tertiary/aromatic N) is 1. The lowest BCUT2D eigenvalue weighted by molar-refractivity contribution is -0.125. The SMILES string of the molecule is CCOC(=O)c1c(C)[nH]c(C(=O)C(=O)N(C)CCO)c1-c1ccc(F)cc1. The Morgan fingerprint density at radius 3 is 2.41 bits per heavy atom. The van der Waals surface area contributed by atoms with Crippen molar-refractivity contribution >= 4 is 17.7 Å². The zero-order valence-electron chi connectivity index (χ0n) is 15.3. The monoisotopic (exact) mass is 376 g/mol. The van der Waals surface area contributed by atoms with Gasteiger partial charge in [-0.3, -0.25) is 9.59 Å². The number of aromatic nitrogens is 1. The van der Waals surface area contributed by atoms with Crippen LogP contribution in [0.5, 0.6) is 0 Å². The molecule has 0 bridgehead atoms. The number of aliphatic hydroxyl groups excluding tert-OH is 1. The molecule has 0 fully saturated rings. The maximum Gasteiger partial charge on any atom is 0.340 e. The number of carbonyl (C=O) groups is 3. The van der Waals surface area contributed by atoms with Gasteiger partial charge in [-0.15, -0.1) is 0 Å². The molecule has 144 valence electrons. The van der Waals surface area contributed by atoms with Gasteiger partial charge in [0, 0.05) is 24.8 Å². The van der Waals surface area contributed by atoms with Crippen molar-refractivity contribution in [3.8, 4) is 11.1 Å². The molecule has 8 heteroatoms. The van der Waals surface area contributed by atoms with Crippen LogP contribution in [-0.4, -0.2) is 59.5 Å². The quantitative estimate of drug-likeness (QED) is 0.437. The smallest absolute Gasteiger partial charge is 0.340 e. The third-order valence-corrected chi connectivity index (χ3v) is 4.00. The number of halogens is 1. The van der Waals surface area contributed by atoms with Crippen molar-refractivity contribution in [2.24, 2.45) is 0 Å². The second kappa shape index (κ2) is 8.59. The van der Waals surface area contributed by atoms with Gasteiger partial charge in [-0.05, 0) is 31.5 Å². The first-order valence-corrected chi connectivity index (χ1v) is 8.38. The Hall–Kier alpha value is -3.00. The first kappa shape index (κ1) is 20.3. The van der Waals surface area contributed by atoms with Crippen LogP contribution in [0, 0.1) is 12.7 Å². The van der Waals surface area contributed by atoms with E-state index in [0.717, 1.165) is 4.90 Å². The van der Waals surface area contributed by atoms with E-state index in [4.69, 9.17) is 9.84 Å². The number of hydrogen-bond acceptors (Lipinski definition) is 5. The second-order valence-electron chi connectivity index (χ2n) is 5.88. The lowest BCUT2D eigenvalue weighted by Gasteiger charge is -2.14. The molecule has 1 aromatic heterocycles. The number of carbonyl (C=O) groups excluding carboxylic acids is 3. The first-order valence-electron chi connectivity index (χ1n) is 8.38. The number of aliphatic hydroxyl groups is 1. The van der Waals surface area contributed by atoms with Crippen molar-refractivity contribution in [2.75, 3.05) is 26.8 Å². The van der Waals surface area contributed by atoms with E-state index < -0.39 is 23.5 Å². The fourth-order valence-electron chi connectivity index (χ4n) is 2.69. The summed E-state index contributed by atoms with van der Waals surface area (Å²) in [4.78, 5) is 41.4. The van der Waals surface area contributed by atoms with Crippen molar-refractivity contribution in [2.45, 2.75) is 13.8 Å². The number of ether oxygens (including phenoxy) is 1. The van der Waals surface area contributed by atoms with E-state index in [9.17, 15) is 18.8 Å². The summed E-state index contributed by atoms with van der Waals surface area (Å²) >= 11 is 0. The van der Waals surface area contributed by atoms with Gasteiger partial charge < -0.3 is 19.7 Å². The number of Topliss-reactive ketones (excluding diaryl/α,β-unsaturated/α-hetero) is 1. The Morgan fingerprint density at radius 1 is 1.22 bits per heavy atom. The zero-order valence-corrected chi connectivity index (χ0v) is 15.3. The number of hydrogen-bond donors (Lipinski definition) is 2. The number of esters is 1. The fourth-order valence-corrected chi connectivity index (χ4v) is 2.69. The Morgan fingerprint density at radius 2 is 1.85 bits per heavy atom. The van der Waals surface area contributed by atoms with E-state index in [1.807, 2.05) is 0 Å². The molecule has 1 amide bonds. The molecule has 0 saturated carbocycles. The molecule has 1 aromatic carbocycles. The van der Waals surface area contributed by atoms with Gasteiger partial charge in [-0.2, -0.15) is 0 Å². The molecule has 0 spiro atoms. The highest BCUT2D eigenvalue weighted by Crippen LogP contribution is 2.32. The molecule has 2 N–H and O–H groups in total. The van der Waals surface area contributed by atoms with E-state index in [-0.39, 0.29) is 36.6 Å². The Labute approximate surface area is 155 Å². The molecule has 0 aliphatic carbocycles. The van der Waals surface area contributed by atoms with Crippen molar-refractivity contribution in [1.82, 2.24) is 9.88 Å². The van der Waals surface area contributed by atoms with Gasteiger partial charge in [0.05, 0.1) is 18.8 Å². The summed E-state index contributed by atoms with van der Waals surface area (Å²) in [5.74, 6) is -2.84. The lowest BCUT2D eigenvalue weighted by Crippen LogP contribution is -2.35. The molecule has 0 atom stereocenters. The second-order valence-corrected chi connectivity index (χ2v) is 5.88. The Bertz CT molecular complexity index is 858. The van der Waals surface area contributed by atoms with Crippen LogP contribution in [0.2, 0.25) is 0 Å². The zero-order chi connectivity index (χ0) is 20.1. The highest BCUT2D eigenvalue weighted by Gasteiger charge is 2.31. The summed E-state index contributed by atoms with van der Waals surface area (Å²) in [6, 6.07) is 5.22. The molecule has 2 aromatic rings. The summed E-state index contributed by atoms with van der Waals surface area (Å²) in [5, 5.41) is 8.97. The van der Waals surface area contributed by atoms with E-state index in [1.165, 1.54) is 31.3 Å². The van der Waals surface area contributed by atoms with Gasteiger partial charge in [0.15, 0.2) is 0 Å². The van der Waals surface area contributed by atoms with E-state index in [2.05, 4.69) is 4.98 Å². The van der Waals surface area contributed by atoms with E-state index in [0.29, 0.717) is 11.3 Å². The summed E-state index contributed by atoms with van der Waals surface area (Å²) in [6.07, 6.45) is 0. The van der Waals surface area contributed by atoms with Crippen LogP contribution in [0.15, 0.2) is 24.3 Å². The number of likely N-dealkylation sites (N-methyl/N-ethyl adjacent to an activating group) is 1. The van der Waals surface area contributed by atoms with Crippen molar-refractivity contribution < 1.29 is 28.6 Å². The summed E-state index contributed by atoms with van der Waals surface area (Å²) in [5.41, 5.74) is 0.960. The van der Waals surface area contributed by atoms with Crippen molar-refractivity contribution in [3.63, 3.8) is 0 Å². The standard InChI is InChI=1S/C19H21FN2O5/c1-4-27-19(26)14-11(2)21-16(17(24)18(25)22(3)9-10-23)15(14)12-5-7-13(20)8-6-12/h5-8,21,23H,4,9-10H2,1-3H3. The van der Waals surface area contributed by atoms with Crippen LogP contribution in [0.4, 0.5) is 4.39 Å². The van der Waals surface area contributed by atoms with Crippen LogP contribution in [0.3, 0.4) is 0 Å². The lowest BCUT2D eigenvalue weighted by atomic mass is 9.98. The number of amides is 1. The van der Waals surface area contributed by atoms with Gasteiger partial charge in [-0.1, -0.05) is 12.1 Å². The third kappa shape index (κ3) is 4.22. The number of nitrogens with one attached hydrogen (secondary N) is 1. The van der Waals surface area contributed by atoms with Gasteiger partial charge in [0.25, 0.3) is 11.7 Å². The fraction of sp³-hybridized carbons (Fsp3) is 0.316. The van der Waals surface area contributed by atoms with Crippen LogP contribution in [0.25, 0.3) is 11.1 Å². The molecule has 0 aliphatic heterocycles. The highest BCUT2D eigenvalue weighted by atomic mass is 19.1. The minimum absolute atomic E-state index is 0.0130. The maximum atomic E-state index is 13.3. The van der Waals surface area contributed by atoms with Crippen molar-refractivity contribution in [3.05, 3.63) is 47.0 Å². The van der Waals surface area contributed by atoms with Gasteiger partial charge in [0.2, 0.25) is 0 Å². The van der Waals surface area contributed by atoms with Crippen LogP contribution >= 0.6 is 0 Å². The number of H-pyrrole nitrogens is 1. The molecule has 7 nitrogen and oxygen atoms in total. The molecular weight excluding hydrogens is 355 g/mol. The van der Waals surface area contributed by atoms with E-state index in [1.54, 1.807) is 13.8 Å². The highest BCUT2D eigenvalue weighted by molar-refractivity contribution is 6.43. The molecule has 1 heterocycles. The third-order valence-electron chi connectivity index (χ3n) is 4.00. The number of aryl methyl sites for hydroxylation is 1. The van der Waals surface area contributed by atoms with Gasteiger partial charge in [-0.25, -0.2) is 9.18 Å². The summed E-state index contributed by atoms with van der Waals surface area (Å²) in [7, 11) is 1.38. The molecule has 0 radical (unpaired) electrons.